The highest BCUT2D eigenvalue weighted by atomic mass is 35.5. The van der Waals surface area contributed by atoms with Gasteiger partial charge in [-0.2, -0.15) is 0 Å². The summed E-state index contributed by atoms with van der Waals surface area (Å²) in [6.45, 7) is 6.00. The molecule has 2 saturated carbocycles. The number of amides is 1. The van der Waals surface area contributed by atoms with Crippen molar-refractivity contribution < 1.29 is 4.79 Å². The van der Waals surface area contributed by atoms with E-state index in [0.29, 0.717) is 11.8 Å². The molecule has 1 amide bonds. The Morgan fingerprint density at radius 2 is 2.07 bits per heavy atom. The van der Waals surface area contributed by atoms with Crippen LogP contribution < -0.4 is 5.32 Å². The minimum atomic E-state index is -0.601. The van der Waals surface area contributed by atoms with Crippen molar-refractivity contribution in [2.45, 2.75) is 56.9 Å². The van der Waals surface area contributed by atoms with Crippen LogP contribution in [0.3, 0.4) is 0 Å². The maximum absolute atomic E-state index is 12.1. The molecule has 0 aromatic heterocycles. The Balaban J connectivity index is 2.07. The molecule has 2 aliphatic rings. The van der Waals surface area contributed by atoms with E-state index in [4.69, 9.17) is 11.6 Å². The lowest BCUT2D eigenvalue weighted by molar-refractivity contribution is -0.126. The zero-order valence-corrected chi connectivity index (χ0v) is 10.5. The number of alkyl halides is 1. The summed E-state index contributed by atoms with van der Waals surface area (Å²) >= 11 is 6.51. The first-order valence-electron chi connectivity index (χ1n) is 5.83. The van der Waals surface area contributed by atoms with Gasteiger partial charge in [0.05, 0.1) is 0 Å². The minimum absolute atomic E-state index is 0.0452. The van der Waals surface area contributed by atoms with E-state index in [2.05, 4.69) is 5.32 Å². The van der Waals surface area contributed by atoms with Gasteiger partial charge >= 0.3 is 0 Å². The van der Waals surface area contributed by atoms with E-state index in [0.717, 1.165) is 19.3 Å². The first-order valence-corrected chi connectivity index (χ1v) is 6.20. The SMILES string of the molecule is CC(C)(C)NC(=O)[C@]1(Cl)CC2CCC1C2. The van der Waals surface area contributed by atoms with Crippen molar-refractivity contribution in [3.05, 3.63) is 0 Å². The first kappa shape index (κ1) is 11.3. The number of fused-ring (bicyclic) bond motifs is 2. The van der Waals surface area contributed by atoms with Gasteiger partial charge in [-0.25, -0.2) is 0 Å². The third kappa shape index (κ3) is 2.01. The van der Waals surface area contributed by atoms with Gasteiger partial charge in [0.15, 0.2) is 0 Å². The van der Waals surface area contributed by atoms with Crippen LogP contribution in [0.4, 0.5) is 0 Å². The van der Waals surface area contributed by atoms with Gasteiger partial charge in [-0.3, -0.25) is 4.79 Å². The van der Waals surface area contributed by atoms with Crippen molar-refractivity contribution in [2.75, 3.05) is 0 Å². The lowest BCUT2D eigenvalue weighted by Gasteiger charge is -2.33. The van der Waals surface area contributed by atoms with Gasteiger partial charge in [0.2, 0.25) is 5.91 Å². The highest BCUT2D eigenvalue weighted by Crippen LogP contribution is 2.54. The van der Waals surface area contributed by atoms with Crippen LogP contribution in [0, 0.1) is 11.8 Å². The molecular formula is C12H20ClNO. The molecule has 0 spiro atoms. The summed E-state index contributed by atoms with van der Waals surface area (Å²) in [5.74, 6) is 1.15. The van der Waals surface area contributed by atoms with Gasteiger partial charge < -0.3 is 5.32 Å². The molecule has 0 aromatic rings. The maximum Gasteiger partial charge on any atom is 0.241 e. The van der Waals surface area contributed by atoms with Gasteiger partial charge in [-0.1, -0.05) is 6.42 Å². The molecule has 2 unspecified atom stereocenters. The van der Waals surface area contributed by atoms with Crippen molar-refractivity contribution in [1.29, 1.82) is 0 Å². The van der Waals surface area contributed by atoms with Crippen LogP contribution in [-0.4, -0.2) is 16.3 Å². The molecule has 3 atom stereocenters. The molecular weight excluding hydrogens is 210 g/mol. The third-order valence-electron chi connectivity index (χ3n) is 3.64. The summed E-state index contributed by atoms with van der Waals surface area (Å²) in [5.41, 5.74) is -0.180. The Labute approximate surface area is 96.8 Å². The van der Waals surface area contributed by atoms with Crippen LogP contribution >= 0.6 is 11.6 Å². The Bertz CT molecular complexity index is 284. The Morgan fingerprint density at radius 3 is 2.47 bits per heavy atom. The van der Waals surface area contributed by atoms with Crippen LogP contribution in [0.25, 0.3) is 0 Å². The lowest BCUT2D eigenvalue weighted by atomic mass is 9.86. The molecule has 0 radical (unpaired) electrons. The van der Waals surface area contributed by atoms with Gasteiger partial charge in [0.1, 0.15) is 4.87 Å². The molecule has 15 heavy (non-hydrogen) atoms. The molecule has 1 N–H and O–H groups in total. The Morgan fingerprint density at radius 1 is 1.40 bits per heavy atom. The summed E-state index contributed by atoms with van der Waals surface area (Å²) < 4.78 is 0. The van der Waals surface area contributed by atoms with Crippen LogP contribution in [0.2, 0.25) is 0 Å². The molecule has 2 rings (SSSR count). The van der Waals surface area contributed by atoms with Crippen LogP contribution in [-0.2, 0) is 4.79 Å². The Hall–Kier alpha value is -0.240. The van der Waals surface area contributed by atoms with E-state index in [1.165, 1.54) is 6.42 Å². The Kier molecular flexibility index (Phi) is 2.53. The van der Waals surface area contributed by atoms with E-state index >= 15 is 0 Å². The van der Waals surface area contributed by atoms with E-state index in [-0.39, 0.29) is 11.4 Å². The average Bonchev–Trinajstić information content (AvgIpc) is 2.60. The van der Waals surface area contributed by atoms with Crippen molar-refractivity contribution in [3.63, 3.8) is 0 Å². The first-order chi connectivity index (χ1) is 6.81. The van der Waals surface area contributed by atoms with E-state index in [1.807, 2.05) is 20.8 Å². The predicted octanol–water partition coefficient (Wildman–Crippen LogP) is 2.70. The third-order valence-corrected chi connectivity index (χ3v) is 4.27. The molecule has 0 saturated heterocycles. The summed E-state index contributed by atoms with van der Waals surface area (Å²) in [6.07, 6.45) is 4.43. The van der Waals surface area contributed by atoms with Gasteiger partial charge in [-0.15, -0.1) is 11.6 Å². The number of carbonyl (C=O) groups excluding carboxylic acids is 1. The summed E-state index contributed by atoms with van der Waals surface area (Å²) in [7, 11) is 0. The average molecular weight is 230 g/mol. The zero-order chi connectivity index (χ0) is 11.3. The second-order valence-corrected chi connectivity index (χ2v) is 6.82. The predicted molar refractivity (Wildman–Crippen MR) is 61.9 cm³/mol. The van der Waals surface area contributed by atoms with E-state index in [9.17, 15) is 4.79 Å². The molecule has 2 aliphatic carbocycles. The summed E-state index contributed by atoms with van der Waals surface area (Å²) in [5, 5.41) is 3.02. The number of hydrogen-bond acceptors (Lipinski definition) is 1. The second kappa shape index (κ2) is 3.38. The van der Waals surface area contributed by atoms with Gasteiger partial charge in [0, 0.05) is 5.54 Å². The largest absolute Gasteiger partial charge is 0.350 e. The topological polar surface area (TPSA) is 29.1 Å². The molecule has 0 heterocycles. The smallest absolute Gasteiger partial charge is 0.241 e. The summed E-state index contributed by atoms with van der Waals surface area (Å²) in [4.78, 5) is 11.5. The van der Waals surface area contributed by atoms with Crippen molar-refractivity contribution in [1.82, 2.24) is 5.32 Å². The maximum atomic E-state index is 12.1. The molecule has 86 valence electrons. The van der Waals surface area contributed by atoms with E-state index < -0.39 is 4.87 Å². The second-order valence-electron chi connectivity index (χ2n) is 6.15. The van der Waals surface area contributed by atoms with Gasteiger partial charge in [0.25, 0.3) is 0 Å². The molecule has 3 heteroatoms. The zero-order valence-electron chi connectivity index (χ0n) is 9.77. The molecule has 2 fully saturated rings. The lowest BCUT2D eigenvalue weighted by Crippen LogP contribution is -2.52. The minimum Gasteiger partial charge on any atom is -0.350 e. The van der Waals surface area contributed by atoms with Crippen molar-refractivity contribution >= 4 is 17.5 Å². The fourth-order valence-corrected chi connectivity index (χ4v) is 3.45. The summed E-state index contributed by atoms with van der Waals surface area (Å²) in [6, 6.07) is 0. The molecule has 2 bridgehead atoms. The van der Waals surface area contributed by atoms with Crippen LogP contribution in [0.5, 0.6) is 0 Å². The number of nitrogens with one attached hydrogen (secondary N) is 1. The van der Waals surface area contributed by atoms with E-state index in [1.54, 1.807) is 0 Å². The molecule has 2 nitrogen and oxygen atoms in total. The van der Waals surface area contributed by atoms with Crippen molar-refractivity contribution in [3.8, 4) is 0 Å². The molecule has 0 aromatic carbocycles. The highest BCUT2D eigenvalue weighted by molar-refractivity contribution is 6.35. The number of carbonyl (C=O) groups is 1. The standard InChI is InChI=1S/C12H20ClNO/c1-11(2,3)14-10(15)12(13)7-8-4-5-9(12)6-8/h8-9H,4-7H2,1-3H3,(H,14,15)/t8?,9?,12-/m0/s1. The van der Waals surface area contributed by atoms with Crippen LogP contribution in [0.1, 0.15) is 46.5 Å². The number of hydrogen-bond donors (Lipinski definition) is 1. The van der Waals surface area contributed by atoms with Crippen molar-refractivity contribution in [2.24, 2.45) is 11.8 Å². The quantitative estimate of drug-likeness (QED) is 0.689. The monoisotopic (exact) mass is 229 g/mol. The number of rotatable bonds is 1. The van der Waals surface area contributed by atoms with Crippen LogP contribution in [0.15, 0.2) is 0 Å². The number of halogens is 1. The van der Waals surface area contributed by atoms with Gasteiger partial charge in [-0.05, 0) is 51.9 Å². The fraction of sp³-hybridized carbons (Fsp3) is 0.917. The fourth-order valence-electron chi connectivity index (χ4n) is 2.99. The molecule has 0 aliphatic heterocycles. The normalized spacial score (nSPS) is 39.5. The highest BCUT2D eigenvalue weighted by Gasteiger charge is 2.54.